The van der Waals surface area contributed by atoms with Crippen LogP contribution in [0.2, 0.25) is 10.0 Å². The Morgan fingerprint density at radius 2 is 1.86 bits per heavy atom. The summed E-state index contributed by atoms with van der Waals surface area (Å²) in [4.78, 5) is 0. The summed E-state index contributed by atoms with van der Waals surface area (Å²) in [6, 6.07) is 12.8. The molecule has 1 heterocycles. The molecule has 0 saturated heterocycles. The molecule has 0 atom stereocenters. The molecule has 104 valence electrons. The molecule has 3 rings (SSSR count). The van der Waals surface area contributed by atoms with Crippen molar-refractivity contribution in [2.45, 2.75) is 0 Å². The van der Waals surface area contributed by atoms with Gasteiger partial charge < -0.3 is 9.47 Å². The van der Waals surface area contributed by atoms with Gasteiger partial charge in [0.1, 0.15) is 0 Å². The van der Waals surface area contributed by atoms with E-state index < -0.39 is 0 Å². The van der Waals surface area contributed by atoms with Crippen LogP contribution in [0.15, 0.2) is 36.4 Å². The lowest BCUT2D eigenvalue weighted by atomic mass is 10.0. The fraction of sp³-hybridized carbons (Fsp3) is 0.0625. The first-order valence-corrected chi connectivity index (χ1v) is 6.90. The first-order valence-electron chi connectivity index (χ1n) is 6.14. The quantitative estimate of drug-likeness (QED) is 0.591. The zero-order chi connectivity index (χ0) is 14.8. The molecule has 0 saturated carbocycles. The molecule has 0 fully saturated rings. The third-order valence-electron chi connectivity index (χ3n) is 3.06. The van der Waals surface area contributed by atoms with E-state index in [1.54, 1.807) is 24.3 Å². The Morgan fingerprint density at radius 3 is 2.62 bits per heavy atom. The lowest BCUT2D eigenvalue weighted by Crippen LogP contribution is -1.92. The molecule has 0 aliphatic carbocycles. The summed E-state index contributed by atoms with van der Waals surface area (Å²) in [6.07, 6.45) is 1.77. The summed E-state index contributed by atoms with van der Waals surface area (Å²) in [6.45, 7) is 0.223. The molecule has 0 amide bonds. The van der Waals surface area contributed by atoms with Gasteiger partial charge in [-0.1, -0.05) is 35.3 Å². The van der Waals surface area contributed by atoms with Crippen molar-refractivity contribution in [3.8, 4) is 17.6 Å². The van der Waals surface area contributed by atoms with Gasteiger partial charge in [0.15, 0.2) is 11.5 Å². The number of allylic oxidation sites excluding steroid dienone is 1. The summed E-state index contributed by atoms with van der Waals surface area (Å²) >= 11 is 11.9. The first kappa shape index (κ1) is 13.8. The molecule has 0 N–H and O–H groups in total. The summed E-state index contributed by atoms with van der Waals surface area (Å²) in [5, 5.41) is 10.2. The van der Waals surface area contributed by atoms with Crippen LogP contribution >= 0.6 is 23.2 Å². The molecule has 2 aromatic carbocycles. The van der Waals surface area contributed by atoms with Gasteiger partial charge in [0.25, 0.3) is 0 Å². The summed E-state index contributed by atoms with van der Waals surface area (Å²) in [5.41, 5.74) is 2.05. The van der Waals surface area contributed by atoms with Crippen LogP contribution in [0, 0.1) is 11.3 Å². The maximum atomic E-state index is 9.34. The van der Waals surface area contributed by atoms with Crippen LogP contribution in [0.1, 0.15) is 11.1 Å². The number of ether oxygens (including phenoxy) is 2. The average Bonchev–Trinajstić information content (AvgIpc) is 2.95. The normalized spacial score (nSPS) is 13.1. The minimum atomic E-state index is 0.223. The largest absolute Gasteiger partial charge is 0.454 e. The maximum Gasteiger partial charge on any atom is 0.231 e. The standard InChI is InChI=1S/C16H9Cl2NO2/c17-13-3-2-11(7-14(13)18)12(8-19)5-10-1-4-15-16(6-10)21-9-20-15/h1-7H,9H2/b12-5+. The lowest BCUT2D eigenvalue weighted by Gasteiger charge is -2.03. The number of hydrogen-bond donors (Lipinski definition) is 0. The van der Waals surface area contributed by atoms with Gasteiger partial charge in [-0.05, 0) is 41.5 Å². The van der Waals surface area contributed by atoms with Crippen molar-refractivity contribution >= 4 is 34.9 Å². The van der Waals surface area contributed by atoms with Gasteiger partial charge in [-0.3, -0.25) is 0 Å². The van der Waals surface area contributed by atoms with Crippen molar-refractivity contribution in [1.82, 2.24) is 0 Å². The average molecular weight is 318 g/mol. The van der Waals surface area contributed by atoms with Crippen molar-refractivity contribution < 1.29 is 9.47 Å². The number of fused-ring (bicyclic) bond motifs is 1. The highest BCUT2D eigenvalue weighted by Gasteiger charge is 2.13. The molecular weight excluding hydrogens is 309 g/mol. The second-order valence-corrected chi connectivity index (χ2v) is 5.23. The third kappa shape index (κ3) is 2.82. The fourth-order valence-corrected chi connectivity index (χ4v) is 2.31. The molecule has 5 heteroatoms. The number of hydrogen-bond acceptors (Lipinski definition) is 3. The molecule has 0 radical (unpaired) electrons. The van der Waals surface area contributed by atoms with Crippen molar-refractivity contribution in [1.29, 1.82) is 5.26 Å². The van der Waals surface area contributed by atoms with Crippen LogP contribution in [0.5, 0.6) is 11.5 Å². The topological polar surface area (TPSA) is 42.2 Å². The molecule has 0 bridgehead atoms. The van der Waals surface area contributed by atoms with Crippen LogP contribution in [0.25, 0.3) is 11.6 Å². The molecule has 21 heavy (non-hydrogen) atoms. The van der Waals surface area contributed by atoms with E-state index in [-0.39, 0.29) is 6.79 Å². The number of rotatable bonds is 2. The van der Waals surface area contributed by atoms with E-state index in [9.17, 15) is 5.26 Å². The highest BCUT2D eigenvalue weighted by atomic mass is 35.5. The number of benzene rings is 2. The lowest BCUT2D eigenvalue weighted by molar-refractivity contribution is 0.174. The molecule has 0 spiro atoms. The Kier molecular flexibility index (Phi) is 3.74. The highest BCUT2D eigenvalue weighted by molar-refractivity contribution is 6.42. The summed E-state index contributed by atoms with van der Waals surface area (Å²) in [7, 11) is 0. The van der Waals surface area contributed by atoms with E-state index in [0.29, 0.717) is 32.7 Å². The first-order chi connectivity index (χ1) is 10.2. The van der Waals surface area contributed by atoms with E-state index in [0.717, 1.165) is 5.56 Å². The zero-order valence-electron chi connectivity index (χ0n) is 10.8. The van der Waals surface area contributed by atoms with Gasteiger partial charge in [0, 0.05) is 0 Å². The number of halogens is 2. The van der Waals surface area contributed by atoms with Gasteiger partial charge in [-0.15, -0.1) is 0 Å². The van der Waals surface area contributed by atoms with Gasteiger partial charge in [-0.25, -0.2) is 0 Å². The Bertz CT molecular complexity index is 778. The van der Waals surface area contributed by atoms with Crippen molar-refractivity contribution in [2.75, 3.05) is 6.79 Å². The fourth-order valence-electron chi connectivity index (χ4n) is 2.01. The van der Waals surface area contributed by atoms with Crippen LogP contribution < -0.4 is 9.47 Å². The van der Waals surface area contributed by atoms with Crippen molar-refractivity contribution in [2.24, 2.45) is 0 Å². The van der Waals surface area contributed by atoms with E-state index >= 15 is 0 Å². The minimum absolute atomic E-state index is 0.223. The summed E-state index contributed by atoms with van der Waals surface area (Å²) in [5.74, 6) is 1.38. The Morgan fingerprint density at radius 1 is 1.05 bits per heavy atom. The smallest absolute Gasteiger partial charge is 0.231 e. The second-order valence-electron chi connectivity index (χ2n) is 4.41. The van der Waals surface area contributed by atoms with E-state index in [2.05, 4.69) is 6.07 Å². The van der Waals surface area contributed by atoms with Crippen LogP contribution in [0.3, 0.4) is 0 Å². The predicted octanol–water partition coefficient (Wildman–Crippen LogP) is 4.79. The van der Waals surface area contributed by atoms with Gasteiger partial charge in [0.05, 0.1) is 21.7 Å². The van der Waals surface area contributed by atoms with Crippen LogP contribution in [-0.4, -0.2) is 6.79 Å². The van der Waals surface area contributed by atoms with E-state index in [1.165, 1.54) is 0 Å². The Balaban J connectivity index is 1.99. The van der Waals surface area contributed by atoms with Gasteiger partial charge in [-0.2, -0.15) is 5.26 Å². The second kappa shape index (κ2) is 5.69. The van der Waals surface area contributed by atoms with Crippen LogP contribution in [-0.2, 0) is 0 Å². The van der Waals surface area contributed by atoms with Crippen molar-refractivity contribution in [3.63, 3.8) is 0 Å². The zero-order valence-corrected chi connectivity index (χ0v) is 12.3. The maximum absolute atomic E-state index is 9.34. The Hall–Kier alpha value is -2.15. The molecule has 0 unspecified atom stereocenters. The van der Waals surface area contributed by atoms with Gasteiger partial charge in [0.2, 0.25) is 6.79 Å². The molecule has 0 aromatic heterocycles. The van der Waals surface area contributed by atoms with Crippen LogP contribution in [0.4, 0.5) is 0 Å². The molecule has 3 nitrogen and oxygen atoms in total. The number of nitrogens with zero attached hydrogens (tertiary/aromatic N) is 1. The molecule has 1 aliphatic rings. The van der Waals surface area contributed by atoms with Crippen molar-refractivity contribution in [3.05, 3.63) is 57.6 Å². The SMILES string of the molecule is N#C/C(=C\c1ccc2c(c1)OCO2)c1ccc(Cl)c(Cl)c1. The highest BCUT2D eigenvalue weighted by Crippen LogP contribution is 2.34. The summed E-state index contributed by atoms with van der Waals surface area (Å²) < 4.78 is 10.6. The number of nitriles is 1. The monoisotopic (exact) mass is 317 g/mol. The van der Waals surface area contributed by atoms with E-state index in [1.807, 2.05) is 18.2 Å². The van der Waals surface area contributed by atoms with E-state index in [4.69, 9.17) is 32.7 Å². The third-order valence-corrected chi connectivity index (χ3v) is 3.80. The minimum Gasteiger partial charge on any atom is -0.454 e. The molecule has 2 aromatic rings. The molecular formula is C16H9Cl2NO2. The predicted molar refractivity (Wildman–Crippen MR) is 82.5 cm³/mol. The molecule has 1 aliphatic heterocycles. The van der Waals surface area contributed by atoms with Gasteiger partial charge >= 0.3 is 0 Å². The Labute approximate surface area is 131 Å².